The minimum atomic E-state index is -4.59. The van der Waals surface area contributed by atoms with Crippen LogP contribution in [0.2, 0.25) is 10.0 Å². The van der Waals surface area contributed by atoms with E-state index in [4.69, 9.17) is 23.2 Å². The van der Waals surface area contributed by atoms with E-state index in [2.05, 4.69) is 15.5 Å². The lowest BCUT2D eigenvalue weighted by Crippen LogP contribution is -2.26. The van der Waals surface area contributed by atoms with Crippen LogP contribution in [0, 0.1) is 6.92 Å². The Morgan fingerprint density at radius 3 is 2.60 bits per heavy atom. The summed E-state index contributed by atoms with van der Waals surface area (Å²) in [6, 6.07) is 0. The maximum absolute atomic E-state index is 12.7. The summed E-state index contributed by atoms with van der Waals surface area (Å²) in [5.74, 6) is -0.183. The van der Waals surface area contributed by atoms with Gasteiger partial charge in [-0.15, -0.1) is 0 Å². The Labute approximate surface area is 151 Å². The summed E-state index contributed by atoms with van der Waals surface area (Å²) < 4.78 is 40.9. The number of halogens is 5. The van der Waals surface area contributed by atoms with Crippen LogP contribution in [0.1, 0.15) is 24.2 Å². The third kappa shape index (κ3) is 5.37. The van der Waals surface area contributed by atoms with Crippen molar-refractivity contribution in [3.8, 4) is 0 Å². The smallest absolute Gasteiger partial charge is 0.356 e. The van der Waals surface area contributed by atoms with E-state index in [0.29, 0.717) is 24.5 Å². The molecule has 2 rings (SSSR count). The summed E-state index contributed by atoms with van der Waals surface area (Å²) >= 11 is 11.4. The molecule has 0 aliphatic rings. The van der Waals surface area contributed by atoms with Crippen LogP contribution in [0.25, 0.3) is 0 Å². The number of carbonyl (C=O) groups is 1. The second kappa shape index (κ2) is 8.09. The van der Waals surface area contributed by atoms with Gasteiger partial charge >= 0.3 is 6.18 Å². The number of carbonyl (C=O) groups excluding carboxylic acids is 1. The number of alkyl halides is 3. The molecule has 0 spiro atoms. The Morgan fingerprint density at radius 2 is 2.04 bits per heavy atom. The zero-order valence-corrected chi connectivity index (χ0v) is 14.8. The highest BCUT2D eigenvalue weighted by Gasteiger charge is 2.38. The summed E-state index contributed by atoms with van der Waals surface area (Å²) in [6.07, 6.45) is -0.849. The van der Waals surface area contributed by atoms with E-state index in [1.165, 1.54) is 17.8 Å². The second-order valence-electron chi connectivity index (χ2n) is 5.34. The molecule has 0 radical (unpaired) electrons. The van der Waals surface area contributed by atoms with Gasteiger partial charge in [0.15, 0.2) is 5.69 Å². The maximum Gasteiger partial charge on any atom is 0.436 e. The molecule has 0 atom stereocenters. The Kier molecular flexibility index (Phi) is 6.34. The highest BCUT2D eigenvalue weighted by atomic mass is 35.5. The molecule has 0 fully saturated rings. The molecule has 0 saturated carbocycles. The van der Waals surface area contributed by atoms with E-state index in [-0.39, 0.29) is 24.6 Å². The van der Waals surface area contributed by atoms with Gasteiger partial charge in [-0.1, -0.05) is 23.2 Å². The van der Waals surface area contributed by atoms with E-state index in [0.717, 1.165) is 0 Å². The lowest BCUT2D eigenvalue weighted by Gasteiger charge is -2.07. The lowest BCUT2D eigenvalue weighted by molar-refractivity contribution is -0.141. The first-order valence-corrected chi connectivity index (χ1v) is 8.19. The molecular formula is C14H16Cl2F3N5O. The standard InChI is InChI=1S/C14H16Cl2F3N5O/c1-9-12(16)13(14(17,18)19)22-24(9)5-2-4-20-11(25)3-6-23-8-10(15)7-21-23/h7-8H,2-6H2,1H3,(H,20,25). The molecule has 0 unspecified atom stereocenters. The van der Waals surface area contributed by atoms with Crippen molar-refractivity contribution in [2.75, 3.05) is 6.54 Å². The fourth-order valence-electron chi connectivity index (χ4n) is 2.14. The van der Waals surface area contributed by atoms with E-state index in [1.807, 2.05) is 0 Å². The monoisotopic (exact) mass is 397 g/mol. The molecule has 0 aliphatic heterocycles. The van der Waals surface area contributed by atoms with Gasteiger partial charge < -0.3 is 5.32 Å². The first-order valence-electron chi connectivity index (χ1n) is 7.43. The topological polar surface area (TPSA) is 64.7 Å². The zero-order chi connectivity index (χ0) is 18.6. The third-order valence-electron chi connectivity index (χ3n) is 3.44. The fraction of sp³-hybridized carbons (Fsp3) is 0.500. The minimum absolute atomic E-state index is 0.183. The van der Waals surface area contributed by atoms with Crippen LogP contribution in [-0.2, 0) is 24.1 Å². The van der Waals surface area contributed by atoms with Crippen LogP contribution in [0.15, 0.2) is 12.4 Å². The Bertz CT molecular complexity index is 741. The summed E-state index contributed by atoms with van der Waals surface area (Å²) in [5.41, 5.74) is -0.843. The first-order chi connectivity index (χ1) is 11.7. The number of aryl methyl sites for hydroxylation is 2. The van der Waals surface area contributed by atoms with Crippen molar-refractivity contribution in [3.05, 3.63) is 33.8 Å². The number of nitrogens with zero attached hydrogens (tertiary/aromatic N) is 4. The molecule has 1 amide bonds. The van der Waals surface area contributed by atoms with E-state index in [9.17, 15) is 18.0 Å². The predicted molar refractivity (Wildman–Crippen MR) is 86.5 cm³/mol. The molecule has 0 saturated heterocycles. The van der Waals surface area contributed by atoms with Crippen LogP contribution in [0.5, 0.6) is 0 Å². The van der Waals surface area contributed by atoms with Crippen LogP contribution in [0.4, 0.5) is 13.2 Å². The van der Waals surface area contributed by atoms with Crippen LogP contribution >= 0.6 is 23.2 Å². The van der Waals surface area contributed by atoms with Crippen molar-refractivity contribution in [1.82, 2.24) is 24.9 Å². The average molecular weight is 398 g/mol. The van der Waals surface area contributed by atoms with E-state index in [1.54, 1.807) is 10.9 Å². The number of amides is 1. The molecule has 0 bridgehead atoms. The largest absolute Gasteiger partial charge is 0.436 e. The Balaban J connectivity index is 1.75. The van der Waals surface area contributed by atoms with E-state index < -0.39 is 16.9 Å². The molecule has 138 valence electrons. The number of nitrogens with one attached hydrogen (secondary N) is 1. The zero-order valence-electron chi connectivity index (χ0n) is 13.3. The number of aromatic nitrogens is 4. The SMILES string of the molecule is Cc1c(Cl)c(C(F)(F)F)nn1CCCNC(=O)CCn1cc(Cl)cn1. The van der Waals surface area contributed by atoms with Crippen LogP contribution in [0.3, 0.4) is 0 Å². The fourth-order valence-corrected chi connectivity index (χ4v) is 2.54. The van der Waals surface area contributed by atoms with Crippen molar-refractivity contribution in [1.29, 1.82) is 0 Å². The van der Waals surface area contributed by atoms with Gasteiger partial charge in [0.1, 0.15) is 0 Å². The molecule has 0 aromatic carbocycles. The van der Waals surface area contributed by atoms with Crippen molar-refractivity contribution >= 4 is 29.1 Å². The second-order valence-corrected chi connectivity index (χ2v) is 6.16. The van der Waals surface area contributed by atoms with Gasteiger partial charge in [-0.2, -0.15) is 23.4 Å². The lowest BCUT2D eigenvalue weighted by atomic mass is 10.3. The average Bonchev–Trinajstić information content (AvgIpc) is 3.06. The highest BCUT2D eigenvalue weighted by Crippen LogP contribution is 2.35. The number of hydrogen-bond donors (Lipinski definition) is 1. The molecular weight excluding hydrogens is 382 g/mol. The molecule has 0 aliphatic carbocycles. The molecule has 6 nitrogen and oxygen atoms in total. The quantitative estimate of drug-likeness (QED) is 0.728. The van der Waals surface area contributed by atoms with Gasteiger partial charge in [0.25, 0.3) is 0 Å². The van der Waals surface area contributed by atoms with Gasteiger partial charge in [0, 0.05) is 32.3 Å². The van der Waals surface area contributed by atoms with Gasteiger partial charge in [-0.3, -0.25) is 14.2 Å². The molecule has 11 heteroatoms. The third-order valence-corrected chi connectivity index (χ3v) is 4.09. The molecule has 2 aromatic rings. The molecule has 2 aromatic heterocycles. The Morgan fingerprint density at radius 1 is 1.32 bits per heavy atom. The summed E-state index contributed by atoms with van der Waals surface area (Å²) in [7, 11) is 0. The molecule has 2 heterocycles. The normalized spacial score (nSPS) is 11.8. The molecule has 25 heavy (non-hydrogen) atoms. The first kappa shape index (κ1) is 19.6. The van der Waals surface area contributed by atoms with Crippen molar-refractivity contribution < 1.29 is 18.0 Å². The Hall–Kier alpha value is -1.74. The van der Waals surface area contributed by atoms with Crippen molar-refractivity contribution in [3.63, 3.8) is 0 Å². The number of rotatable bonds is 7. The maximum atomic E-state index is 12.7. The molecule has 1 N–H and O–H groups in total. The van der Waals surface area contributed by atoms with Crippen LogP contribution < -0.4 is 5.32 Å². The summed E-state index contributed by atoms with van der Waals surface area (Å²) in [6.45, 7) is 2.40. The highest BCUT2D eigenvalue weighted by molar-refractivity contribution is 6.32. The summed E-state index contributed by atoms with van der Waals surface area (Å²) in [5, 5.41) is 10.2. The van der Waals surface area contributed by atoms with Gasteiger partial charge in [0.2, 0.25) is 5.91 Å². The van der Waals surface area contributed by atoms with Gasteiger partial charge in [-0.25, -0.2) is 0 Å². The van der Waals surface area contributed by atoms with E-state index >= 15 is 0 Å². The van der Waals surface area contributed by atoms with Gasteiger partial charge in [-0.05, 0) is 13.3 Å². The summed E-state index contributed by atoms with van der Waals surface area (Å²) in [4.78, 5) is 11.7. The van der Waals surface area contributed by atoms with Crippen molar-refractivity contribution in [2.45, 2.75) is 39.0 Å². The van der Waals surface area contributed by atoms with Crippen LogP contribution in [-0.4, -0.2) is 32.0 Å². The minimum Gasteiger partial charge on any atom is -0.356 e. The predicted octanol–water partition coefficient (Wildman–Crippen LogP) is 3.31. The number of hydrogen-bond acceptors (Lipinski definition) is 3. The van der Waals surface area contributed by atoms with Gasteiger partial charge in [0.05, 0.1) is 21.9 Å². The van der Waals surface area contributed by atoms with Crippen molar-refractivity contribution in [2.24, 2.45) is 0 Å².